The van der Waals surface area contributed by atoms with Crippen LogP contribution in [0.1, 0.15) is 37.7 Å². The first-order valence-corrected chi connectivity index (χ1v) is 7.44. The van der Waals surface area contributed by atoms with Gasteiger partial charge in [-0.05, 0) is 27.7 Å². The van der Waals surface area contributed by atoms with Crippen molar-refractivity contribution < 1.29 is 0 Å². The molecule has 0 amide bonds. The topological polar surface area (TPSA) is 54.5 Å². The summed E-state index contributed by atoms with van der Waals surface area (Å²) in [6, 6.07) is 17.3. The minimum Gasteiger partial charge on any atom is -0.177 e. The maximum Gasteiger partial charge on any atom is 0.178 e. The standard InChI is InChI=1S/C18H20N4/c1-18(2,3)16-10-8-15(9-11-16)14-6-4-13(5-7-14)12-17-19-21-22-20-17/h4-11H,12H2,1-3H3,(H,19,20,21,22). The average Bonchev–Trinajstić information content (AvgIpc) is 3.00. The molecule has 2 aromatic carbocycles. The van der Waals surface area contributed by atoms with Gasteiger partial charge in [0.15, 0.2) is 5.82 Å². The first-order chi connectivity index (χ1) is 10.5. The van der Waals surface area contributed by atoms with Crippen LogP contribution in [0.15, 0.2) is 48.5 Å². The van der Waals surface area contributed by atoms with Crippen LogP contribution in [0.5, 0.6) is 0 Å². The van der Waals surface area contributed by atoms with E-state index in [9.17, 15) is 0 Å². The van der Waals surface area contributed by atoms with Crippen molar-refractivity contribution in [3.05, 3.63) is 65.5 Å². The van der Waals surface area contributed by atoms with E-state index >= 15 is 0 Å². The monoisotopic (exact) mass is 292 g/mol. The van der Waals surface area contributed by atoms with E-state index in [1.807, 2.05) is 0 Å². The van der Waals surface area contributed by atoms with E-state index in [0.717, 1.165) is 0 Å². The number of tetrazole rings is 1. The van der Waals surface area contributed by atoms with Gasteiger partial charge in [0, 0.05) is 6.42 Å². The molecule has 0 fully saturated rings. The summed E-state index contributed by atoms with van der Waals surface area (Å²) in [6.45, 7) is 6.69. The largest absolute Gasteiger partial charge is 0.178 e. The van der Waals surface area contributed by atoms with Crippen LogP contribution in [-0.2, 0) is 11.8 Å². The van der Waals surface area contributed by atoms with Gasteiger partial charge in [-0.1, -0.05) is 74.5 Å². The van der Waals surface area contributed by atoms with Crippen molar-refractivity contribution in [1.82, 2.24) is 20.6 Å². The SMILES string of the molecule is CC(C)(C)c1ccc(-c2ccc(Cc3nn[nH]n3)cc2)cc1. The number of benzene rings is 2. The fourth-order valence-electron chi connectivity index (χ4n) is 2.42. The Balaban J connectivity index is 1.78. The molecule has 0 aliphatic carbocycles. The maximum absolute atomic E-state index is 3.98. The lowest BCUT2D eigenvalue weighted by molar-refractivity contribution is 0.590. The van der Waals surface area contributed by atoms with Gasteiger partial charge >= 0.3 is 0 Å². The second-order valence-corrected chi connectivity index (χ2v) is 6.53. The number of aromatic nitrogens is 4. The predicted octanol–water partition coefficient (Wildman–Crippen LogP) is 3.76. The van der Waals surface area contributed by atoms with Gasteiger partial charge in [-0.2, -0.15) is 5.21 Å². The van der Waals surface area contributed by atoms with Crippen molar-refractivity contribution >= 4 is 0 Å². The number of nitrogens with zero attached hydrogens (tertiary/aromatic N) is 3. The summed E-state index contributed by atoms with van der Waals surface area (Å²) >= 11 is 0. The van der Waals surface area contributed by atoms with E-state index in [0.29, 0.717) is 12.2 Å². The third-order valence-corrected chi connectivity index (χ3v) is 3.79. The Hall–Kier alpha value is -2.49. The number of nitrogens with one attached hydrogen (secondary N) is 1. The first-order valence-electron chi connectivity index (χ1n) is 7.44. The van der Waals surface area contributed by atoms with E-state index in [1.165, 1.54) is 22.3 Å². The minimum absolute atomic E-state index is 0.187. The second kappa shape index (κ2) is 5.72. The summed E-state index contributed by atoms with van der Waals surface area (Å²) in [4.78, 5) is 0. The van der Waals surface area contributed by atoms with Gasteiger partial charge in [0.2, 0.25) is 0 Å². The highest BCUT2D eigenvalue weighted by atomic mass is 15.5. The van der Waals surface area contributed by atoms with Crippen molar-refractivity contribution in [2.24, 2.45) is 0 Å². The Morgan fingerprint density at radius 1 is 0.864 bits per heavy atom. The quantitative estimate of drug-likeness (QED) is 0.799. The number of H-pyrrole nitrogens is 1. The van der Waals surface area contributed by atoms with Crippen LogP contribution in [0, 0.1) is 0 Å². The van der Waals surface area contributed by atoms with Gasteiger partial charge in [-0.3, -0.25) is 0 Å². The molecule has 0 aliphatic rings. The lowest BCUT2D eigenvalue weighted by Gasteiger charge is -2.19. The Kier molecular flexibility index (Phi) is 3.75. The average molecular weight is 292 g/mol. The van der Waals surface area contributed by atoms with Crippen molar-refractivity contribution in [2.45, 2.75) is 32.6 Å². The van der Waals surface area contributed by atoms with Gasteiger partial charge in [-0.25, -0.2) is 0 Å². The van der Waals surface area contributed by atoms with Crippen molar-refractivity contribution in [1.29, 1.82) is 0 Å². The van der Waals surface area contributed by atoms with Crippen LogP contribution in [0.3, 0.4) is 0 Å². The zero-order valence-corrected chi connectivity index (χ0v) is 13.2. The lowest BCUT2D eigenvalue weighted by Crippen LogP contribution is -2.10. The molecule has 1 heterocycles. The Morgan fingerprint density at radius 2 is 1.45 bits per heavy atom. The summed E-state index contributed by atoms with van der Waals surface area (Å²) in [7, 11) is 0. The molecule has 0 atom stereocenters. The molecular formula is C18H20N4. The van der Waals surface area contributed by atoms with E-state index < -0.39 is 0 Å². The van der Waals surface area contributed by atoms with Crippen molar-refractivity contribution in [3.63, 3.8) is 0 Å². The number of aromatic amines is 1. The summed E-state index contributed by atoms with van der Waals surface area (Å²) < 4.78 is 0. The fourth-order valence-corrected chi connectivity index (χ4v) is 2.42. The molecule has 4 heteroatoms. The molecule has 3 aromatic rings. The van der Waals surface area contributed by atoms with E-state index in [-0.39, 0.29) is 5.41 Å². The van der Waals surface area contributed by atoms with Crippen LogP contribution in [0.2, 0.25) is 0 Å². The second-order valence-electron chi connectivity index (χ2n) is 6.53. The maximum atomic E-state index is 3.98. The predicted molar refractivity (Wildman–Crippen MR) is 87.6 cm³/mol. The third kappa shape index (κ3) is 3.22. The molecule has 3 rings (SSSR count). The molecule has 0 radical (unpaired) electrons. The summed E-state index contributed by atoms with van der Waals surface area (Å²) in [5, 5.41) is 14.0. The van der Waals surface area contributed by atoms with Crippen molar-refractivity contribution in [2.75, 3.05) is 0 Å². The minimum atomic E-state index is 0.187. The molecule has 0 spiro atoms. The van der Waals surface area contributed by atoms with Crippen LogP contribution >= 0.6 is 0 Å². The molecule has 0 unspecified atom stereocenters. The Bertz CT molecular complexity index is 720. The Morgan fingerprint density at radius 3 is 1.95 bits per heavy atom. The summed E-state index contributed by atoms with van der Waals surface area (Å²) in [5.74, 6) is 0.710. The molecule has 112 valence electrons. The van der Waals surface area contributed by atoms with E-state index in [4.69, 9.17) is 0 Å². The summed E-state index contributed by atoms with van der Waals surface area (Å²) in [5.41, 5.74) is 5.17. The van der Waals surface area contributed by atoms with Gasteiger partial charge in [0.05, 0.1) is 0 Å². The number of rotatable bonds is 3. The fraction of sp³-hybridized carbons (Fsp3) is 0.278. The Labute approximate surface area is 130 Å². The normalized spacial score (nSPS) is 11.6. The molecular weight excluding hydrogens is 272 g/mol. The summed E-state index contributed by atoms with van der Waals surface area (Å²) in [6.07, 6.45) is 0.694. The van der Waals surface area contributed by atoms with E-state index in [1.54, 1.807) is 0 Å². The van der Waals surface area contributed by atoms with Crippen molar-refractivity contribution in [3.8, 4) is 11.1 Å². The molecule has 22 heavy (non-hydrogen) atoms. The van der Waals surface area contributed by atoms with Gasteiger partial charge < -0.3 is 0 Å². The molecule has 1 aromatic heterocycles. The molecule has 0 aliphatic heterocycles. The zero-order valence-electron chi connectivity index (χ0n) is 13.2. The molecule has 0 bridgehead atoms. The third-order valence-electron chi connectivity index (χ3n) is 3.79. The first kappa shape index (κ1) is 14.4. The number of hydrogen-bond donors (Lipinski definition) is 1. The smallest absolute Gasteiger partial charge is 0.177 e. The highest BCUT2D eigenvalue weighted by molar-refractivity contribution is 5.64. The van der Waals surface area contributed by atoms with Crippen LogP contribution in [-0.4, -0.2) is 20.6 Å². The molecule has 0 saturated carbocycles. The molecule has 0 saturated heterocycles. The highest BCUT2D eigenvalue weighted by Gasteiger charge is 2.13. The highest BCUT2D eigenvalue weighted by Crippen LogP contribution is 2.26. The van der Waals surface area contributed by atoms with Gasteiger partial charge in [-0.15, -0.1) is 10.2 Å². The van der Waals surface area contributed by atoms with Crippen LogP contribution < -0.4 is 0 Å². The van der Waals surface area contributed by atoms with E-state index in [2.05, 4.69) is 89.9 Å². The van der Waals surface area contributed by atoms with Gasteiger partial charge in [0.25, 0.3) is 0 Å². The van der Waals surface area contributed by atoms with Crippen LogP contribution in [0.25, 0.3) is 11.1 Å². The molecule has 1 N–H and O–H groups in total. The number of hydrogen-bond acceptors (Lipinski definition) is 3. The zero-order chi connectivity index (χ0) is 15.6. The lowest BCUT2D eigenvalue weighted by atomic mass is 9.86. The van der Waals surface area contributed by atoms with Gasteiger partial charge in [0.1, 0.15) is 0 Å². The molecule has 4 nitrogen and oxygen atoms in total. The van der Waals surface area contributed by atoms with Crippen LogP contribution in [0.4, 0.5) is 0 Å².